The van der Waals surface area contributed by atoms with E-state index in [1.54, 1.807) is 11.3 Å². The summed E-state index contributed by atoms with van der Waals surface area (Å²) in [5.41, 5.74) is 4.98. The average Bonchev–Trinajstić information content (AvgIpc) is 3.14. The Morgan fingerprint density at radius 3 is 2.65 bits per heavy atom. The van der Waals surface area contributed by atoms with Gasteiger partial charge in [-0.15, -0.1) is 0 Å². The molecule has 5 heteroatoms. The van der Waals surface area contributed by atoms with Crippen molar-refractivity contribution in [3.8, 4) is 11.3 Å². The fourth-order valence-electron chi connectivity index (χ4n) is 2.90. The number of carbonyl (C=O) groups is 1. The standard InChI is InChI=1S/C21H23N3OS/c1-4-17-12-22-15(3)24-20(17)18-5-7-19(8-6-18)21(25)23-14(2)11-16-9-10-26-13-16/h5-10,12-14H,4,11H2,1-3H3,(H,23,25)/t14-/m0/s1. The van der Waals surface area contributed by atoms with Gasteiger partial charge in [-0.25, -0.2) is 9.97 Å². The van der Waals surface area contributed by atoms with Crippen molar-refractivity contribution in [2.24, 2.45) is 0 Å². The van der Waals surface area contributed by atoms with Crippen molar-refractivity contribution in [1.82, 2.24) is 15.3 Å². The molecular weight excluding hydrogens is 342 g/mol. The predicted octanol–water partition coefficient (Wildman–Crippen LogP) is 4.44. The van der Waals surface area contributed by atoms with E-state index in [4.69, 9.17) is 0 Å². The molecule has 3 aromatic rings. The normalized spacial score (nSPS) is 12.0. The summed E-state index contributed by atoms with van der Waals surface area (Å²) in [6.45, 7) is 6.01. The maximum Gasteiger partial charge on any atom is 0.251 e. The van der Waals surface area contributed by atoms with Crippen LogP contribution in [-0.4, -0.2) is 21.9 Å². The number of hydrogen-bond donors (Lipinski definition) is 1. The van der Waals surface area contributed by atoms with Crippen molar-refractivity contribution in [2.75, 3.05) is 0 Å². The van der Waals surface area contributed by atoms with Gasteiger partial charge in [0.1, 0.15) is 5.82 Å². The molecule has 1 atom stereocenters. The number of amides is 1. The molecule has 1 N–H and O–H groups in total. The first-order valence-corrected chi connectivity index (χ1v) is 9.76. The van der Waals surface area contributed by atoms with Gasteiger partial charge >= 0.3 is 0 Å². The molecule has 0 radical (unpaired) electrons. The number of rotatable bonds is 6. The van der Waals surface area contributed by atoms with Crippen molar-refractivity contribution < 1.29 is 4.79 Å². The second-order valence-corrected chi connectivity index (χ2v) is 7.21. The molecule has 0 spiro atoms. The first-order valence-electron chi connectivity index (χ1n) is 8.81. The molecule has 0 fully saturated rings. The number of thiophene rings is 1. The van der Waals surface area contributed by atoms with Crippen molar-refractivity contribution >= 4 is 17.2 Å². The summed E-state index contributed by atoms with van der Waals surface area (Å²) < 4.78 is 0. The summed E-state index contributed by atoms with van der Waals surface area (Å²) >= 11 is 1.68. The Morgan fingerprint density at radius 2 is 2.00 bits per heavy atom. The van der Waals surface area contributed by atoms with Crippen LogP contribution in [0.15, 0.2) is 47.3 Å². The highest BCUT2D eigenvalue weighted by Crippen LogP contribution is 2.22. The molecule has 2 heterocycles. The summed E-state index contributed by atoms with van der Waals surface area (Å²) in [5.74, 6) is 0.704. The minimum Gasteiger partial charge on any atom is -0.349 e. The first-order chi connectivity index (χ1) is 12.6. The van der Waals surface area contributed by atoms with E-state index < -0.39 is 0 Å². The first kappa shape index (κ1) is 18.3. The van der Waals surface area contributed by atoms with E-state index in [-0.39, 0.29) is 11.9 Å². The third-order valence-electron chi connectivity index (χ3n) is 4.29. The molecule has 134 valence electrons. The molecule has 0 aliphatic carbocycles. The Bertz CT molecular complexity index is 873. The molecule has 0 unspecified atom stereocenters. The molecule has 0 aliphatic heterocycles. The summed E-state index contributed by atoms with van der Waals surface area (Å²) in [6.07, 6.45) is 3.59. The van der Waals surface area contributed by atoms with E-state index in [1.165, 1.54) is 5.56 Å². The van der Waals surface area contributed by atoms with Crippen LogP contribution < -0.4 is 5.32 Å². The highest BCUT2D eigenvalue weighted by Gasteiger charge is 2.12. The van der Waals surface area contributed by atoms with Crippen LogP contribution in [0, 0.1) is 6.92 Å². The fourth-order valence-corrected chi connectivity index (χ4v) is 3.59. The molecular formula is C21H23N3OS. The minimum absolute atomic E-state index is 0.0473. The number of nitrogens with one attached hydrogen (secondary N) is 1. The van der Waals surface area contributed by atoms with Crippen LogP contribution in [0.2, 0.25) is 0 Å². The fraction of sp³-hybridized carbons (Fsp3) is 0.286. The highest BCUT2D eigenvalue weighted by molar-refractivity contribution is 7.07. The molecule has 0 bridgehead atoms. The average molecular weight is 366 g/mol. The molecule has 26 heavy (non-hydrogen) atoms. The van der Waals surface area contributed by atoms with Crippen LogP contribution in [-0.2, 0) is 12.8 Å². The van der Waals surface area contributed by atoms with Gasteiger partial charge in [-0.1, -0.05) is 19.1 Å². The van der Waals surface area contributed by atoms with Gasteiger partial charge in [0.05, 0.1) is 5.69 Å². The molecule has 4 nitrogen and oxygen atoms in total. The van der Waals surface area contributed by atoms with Crippen molar-refractivity contribution in [3.63, 3.8) is 0 Å². The SMILES string of the molecule is CCc1cnc(C)nc1-c1ccc(C(=O)N[C@@H](C)Cc2ccsc2)cc1. The number of carbonyl (C=O) groups excluding carboxylic acids is 1. The minimum atomic E-state index is -0.0473. The van der Waals surface area contributed by atoms with Gasteiger partial charge in [0, 0.05) is 23.4 Å². The van der Waals surface area contributed by atoms with Crippen molar-refractivity contribution in [2.45, 2.75) is 39.7 Å². The second-order valence-electron chi connectivity index (χ2n) is 6.43. The second kappa shape index (κ2) is 8.23. The summed E-state index contributed by atoms with van der Waals surface area (Å²) in [5, 5.41) is 7.24. The van der Waals surface area contributed by atoms with Crippen LogP contribution >= 0.6 is 11.3 Å². The van der Waals surface area contributed by atoms with Gasteiger partial charge < -0.3 is 5.32 Å². The molecule has 1 aromatic carbocycles. The van der Waals surface area contributed by atoms with Crippen molar-refractivity contribution in [3.05, 3.63) is 69.8 Å². The predicted molar refractivity (Wildman–Crippen MR) is 107 cm³/mol. The maximum absolute atomic E-state index is 12.5. The van der Waals surface area contributed by atoms with E-state index in [1.807, 2.05) is 44.3 Å². The Kier molecular flexibility index (Phi) is 5.78. The third kappa shape index (κ3) is 4.35. The van der Waals surface area contributed by atoms with E-state index in [9.17, 15) is 4.79 Å². The zero-order valence-corrected chi connectivity index (χ0v) is 16.1. The van der Waals surface area contributed by atoms with Crippen LogP contribution in [0.1, 0.15) is 41.2 Å². The van der Waals surface area contributed by atoms with E-state index >= 15 is 0 Å². The Labute approximate surface area is 158 Å². The lowest BCUT2D eigenvalue weighted by atomic mass is 10.0. The molecule has 3 rings (SSSR count). The Hall–Kier alpha value is -2.53. The number of aromatic nitrogens is 2. The number of aryl methyl sites for hydroxylation is 2. The van der Waals surface area contributed by atoms with E-state index in [0.717, 1.165) is 35.5 Å². The van der Waals surface area contributed by atoms with Gasteiger partial charge in [-0.2, -0.15) is 11.3 Å². The van der Waals surface area contributed by atoms with E-state index in [2.05, 4.69) is 39.0 Å². The smallest absolute Gasteiger partial charge is 0.251 e. The monoisotopic (exact) mass is 365 g/mol. The van der Waals surface area contributed by atoms with Crippen LogP contribution in [0.5, 0.6) is 0 Å². The molecule has 0 saturated carbocycles. The lowest BCUT2D eigenvalue weighted by molar-refractivity contribution is 0.0940. The topological polar surface area (TPSA) is 54.9 Å². The van der Waals surface area contributed by atoms with E-state index in [0.29, 0.717) is 5.56 Å². The Morgan fingerprint density at radius 1 is 1.23 bits per heavy atom. The maximum atomic E-state index is 12.5. The zero-order valence-electron chi connectivity index (χ0n) is 15.3. The van der Waals surface area contributed by atoms with Gasteiger partial charge in [0.15, 0.2) is 0 Å². The van der Waals surface area contributed by atoms with Crippen LogP contribution in [0.4, 0.5) is 0 Å². The van der Waals surface area contributed by atoms with Crippen molar-refractivity contribution in [1.29, 1.82) is 0 Å². The number of nitrogens with zero attached hydrogens (tertiary/aromatic N) is 2. The highest BCUT2D eigenvalue weighted by atomic mass is 32.1. The molecule has 0 aliphatic rings. The number of benzene rings is 1. The molecule has 2 aromatic heterocycles. The van der Waals surface area contributed by atoms with Gasteiger partial charge in [0.2, 0.25) is 0 Å². The lowest BCUT2D eigenvalue weighted by Crippen LogP contribution is -2.33. The quantitative estimate of drug-likeness (QED) is 0.703. The summed E-state index contributed by atoms with van der Waals surface area (Å²) in [6, 6.07) is 9.82. The Balaban J connectivity index is 1.71. The molecule has 1 amide bonds. The lowest BCUT2D eigenvalue weighted by Gasteiger charge is -2.14. The van der Waals surface area contributed by atoms with Gasteiger partial charge in [-0.05, 0) is 66.8 Å². The summed E-state index contributed by atoms with van der Waals surface area (Å²) in [7, 11) is 0. The summed E-state index contributed by atoms with van der Waals surface area (Å²) in [4.78, 5) is 21.3. The number of hydrogen-bond acceptors (Lipinski definition) is 4. The van der Waals surface area contributed by atoms with Crippen LogP contribution in [0.3, 0.4) is 0 Å². The van der Waals surface area contributed by atoms with Crippen LogP contribution in [0.25, 0.3) is 11.3 Å². The zero-order chi connectivity index (χ0) is 18.5. The molecule has 0 saturated heterocycles. The van der Waals surface area contributed by atoms with Gasteiger partial charge in [-0.3, -0.25) is 4.79 Å². The largest absolute Gasteiger partial charge is 0.349 e. The third-order valence-corrected chi connectivity index (χ3v) is 5.02. The van der Waals surface area contributed by atoms with Gasteiger partial charge in [0.25, 0.3) is 5.91 Å².